The monoisotopic (exact) mass is 577 g/mol. The molecule has 2 heterocycles. The molecule has 1 aromatic heterocycles. The Balaban J connectivity index is 0.000000262. The van der Waals surface area contributed by atoms with E-state index in [2.05, 4.69) is 15.3 Å². The first-order valence-corrected chi connectivity index (χ1v) is 12.9. The molecular formula is C28H31ClF3N5O3. The maximum absolute atomic E-state index is 13.6. The van der Waals surface area contributed by atoms with Gasteiger partial charge < -0.3 is 25.0 Å². The first kappa shape index (κ1) is 30.8. The summed E-state index contributed by atoms with van der Waals surface area (Å²) in [6.07, 6.45) is 3.28. The summed E-state index contributed by atoms with van der Waals surface area (Å²) in [5.41, 5.74) is 0.994. The lowest BCUT2D eigenvalue weighted by Crippen LogP contribution is -2.53. The van der Waals surface area contributed by atoms with Gasteiger partial charge in [-0.2, -0.15) is 0 Å². The third kappa shape index (κ3) is 8.15. The number of aliphatic hydroxyl groups excluding tert-OH is 1. The first-order valence-electron chi connectivity index (χ1n) is 12.5. The standard InChI is InChI=1S/C19H18ClF3N2O.C8H11N3O.CH2O/c1-25(14-6-4-5-12(21)9-14)17(15-7-2-3-8-16(15)20)18(26)24-13-10-19(22,23)11-13;12-7-2-5-11(6-7)8-9-3-1-4-10-8;1-2/h2-9,13,17H,10-11H2,1H3,(H,24,26);1,3-4,7,12H,2,5-6H2;1H2. The number of halogens is 4. The molecule has 1 saturated carbocycles. The number of anilines is 2. The second-order valence-corrected chi connectivity index (χ2v) is 9.83. The number of benzene rings is 2. The van der Waals surface area contributed by atoms with Crippen molar-refractivity contribution in [2.75, 3.05) is 29.9 Å². The van der Waals surface area contributed by atoms with Crippen molar-refractivity contribution in [2.45, 2.75) is 43.4 Å². The number of rotatable bonds is 6. The molecule has 3 aromatic rings. The number of hydrogen-bond acceptors (Lipinski definition) is 7. The van der Waals surface area contributed by atoms with Crippen LogP contribution in [0.15, 0.2) is 67.0 Å². The zero-order valence-corrected chi connectivity index (χ0v) is 22.6. The van der Waals surface area contributed by atoms with E-state index in [4.69, 9.17) is 16.4 Å². The lowest BCUT2D eigenvalue weighted by molar-refractivity contribution is -0.130. The Morgan fingerprint density at radius 1 is 1.15 bits per heavy atom. The summed E-state index contributed by atoms with van der Waals surface area (Å²) >= 11 is 6.25. The molecule has 12 heteroatoms. The molecule has 5 rings (SSSR count). The van der Waals surface area contributed by atoms with Gasteiger partial charge in [0.15, 0.2) is 0 Å². The molecular weight excluding hydrogens is 547 g/mol. The molecule has 2 N–H and O–H groups in total. The average Bonchev–Trinajstić information content (AvgIpc) is 3.37. The van der Waals surface area contributed by atoms with Crippen LogP contribution in [-0.2, 0) is 9.59 Å². The lowest BCUT2D eigenvalue weighted by Gasteiger charge is -2.37. The molecule has 1 amide bonds. The Bertz CT molecular complexity index is 1250. The van der Waals surface area contributed by atoms with Gasteiger partial charge in [-0.1, -0.05) is 35.9 Å². The maximum Gasteiger partial charge on any atom is 0.252 e. The Morgan fingerprint density at radius 2 is 1.82 bits per heavy atom. The molecule has 2 aromatic carbocycles. The second kappa shape index (κ2) is 14.1. The van der Waals surface area contributed by atoms with E-state index in [1.807, 2.05) is 11.7 Å². The van der Waals surface area contributed by atoms with Crippen LogP contribution in [0.2, 0.25) is 5.02 Å². The van der Waals surface area contributed by atoms with Crippen LogP contribution in [0.5, 0.6) is 0 Å². The molecule has 214 valence electrons. The first-order chi connectivity index (χ1) is 19.1. The van der Waals surface area contributed by atoms with Gasteiger partial charge in [-0.05, 0) is 36.8 Å². The smallest absolute Gasteiger partial charge is 0.252 e. The van der Waals surface area contributed by atoms with Gasteiger partial charge in [0, 0.05) is 67.7 Å². The molecule has 0 radical (unpaired) electrons. The van der Waals surface area contributed by atoms with Crippen LogP contribution in [0.25, 0.3) is 0 Å². The van der Waals surface area contributed by atoms with Crippen molar-refractivity contribution in [2.24, 2.45) is 0 Å². The largest absolute Gasteiger partial charge is 0.391 e. The molecule has 1 aliphatic carbocycles. The Labute approximate surface area is 235 Å². The van der Waals surface area contributed by atoms with Crippen LogP contribution in [0.4, 0.5) is 24.8 Å². The molecule has 0 spiro atoms. The number of amides is 1. The molecule has 2 unspecified atom stereocenters. The minimum atomic E-state index is -2.73. The summed E-state index contributed by atoms with van der Waals surface area (Å²) in [4.78, 5) is 32.6. The van der Waals surface area contributed by atoms with Crippen LogP contribution in [0.3, 0.4) is 0 Å². The maximum atomic E-state index is 13.6. The fourth-order valence-corrected chi connectivity index (χ4v) is 4.73. The molecule has 1 aliphatic heterocycles. The van der Waals surface area contributed by atoms with E-state index in [1.54, 1.807) is 60.7 Å². The van der Waals surface area contributed by atoms with Crippen molar-refractivity contribution >= 4 is 35.9 Å². The summed E-state index contributed by atoms with van der Waals surface area (Å²) in [7, 11) is 1.64. The van der Waals surface area contributed by atoms with Crippen molar-refractivity contribution < 1.29 is 27.9 Å². The van der Waals surface area contributed by atoms with E-state index < -0.39 is 29.7 Å². The molecule has 0 bridgehead atoms. The van der Waals surface area contributed by atoms with Gasteiger partial charge >= 0.3 is 0 Å². The summed E-state index contributed by atoms with van der Waals surface area (Å²) < 4.78 is 39.7. The number of β-amino-alcohol motifs (C(OH)–C–C–N with tert-alkyl or cyclic N) is 1. The van der Waals surface area contributed by atoms with Crippen molar-refractivity contribution in [1.29, 1.82) is 0 Å². The van der Waals surface area contributed by atoms with Crippen LogP contribution in [-0.4, -0.2) is 66.0 Å². The highest BCUT2D eigenvalue weighted by Crippen LogP contribution is 2.38. The Kier molecular flexibility index (Phi) is 10.9. The van der Waals surface area contributed by atoms with Gasteiger partial charge in [-0.3, -0.25) is 4.79 Å². The fourth-order valence-electron chi connectivity index (χ4n) is 4.49. The Morgan fingerprint density at radius 3 is 2.40 bits per heavy atom. The molecule has 1 saturated heterocycles. The van der Waals surface area contributed by atoms with Crippen LogP contribution >= 0.6 is 11.6 Å². The number of alkyl halides is 2. The van der Waals surface area contributed by atoms with Crippen LogP contribution < -0.4 is 15.1 Å². The van der Waals surface area contributed by atoms with Crippen LogP contribution in [0, 0.1) is 5.82 Å². The van der Waals surface area contributed by atoms with E-state index in [-0.39, 0.29) is 18.9 Å². The van der Waals surface area contributed by atoms with E-state index >= 15 is 0 Å². The highest BCUT2D eigenvalue weighted by molar-refractivity contribution is 6.31. The minimum Gasteiger partial charge on any atom is -0.391 e. The highest BCUT2D eigenvalue weighted by atomic mass is 35.5. The number of aromatic nitrogens is 2. The average molecular weight is 578 g/mol. The third-order valence-electron chi connectivity index (χ3n) is 6.49. The second-order valence-electron chi connectivity index (χ2n) is 9.42. The van der Waals surface area contributed by atoms with E-state index in [1.165, 1.54) is 18.2 Å². The van der Waals surface area contributed by atoms with Gasteiger partial charge in [0.05, 0.1) is 6.10 Å². The SMILES string of the molecule is C=O.CN(c1cccc(F)c1)C(C(=O)NC1CC(F)(F)C1)c1ccccc1Cl.OC1CCN(c2ncccn2)C1. The van der Waals surface area contributed by atoms with Gasteiger partial charge in [0.25, 0.3) is 5.92 Å². The summed E-state index contributed by atoms with van der Waals surface area (Å²) in [5, 5.41) is 12.3. The molecule has 2 aliphatic rings. The van der Waals surface area contributed by atoms with Gasteiger partial charge in [-0.25, -0.2) is 23.1 Å². The van der Waals surface area contributed by atoms with Gasteiger partial charge in [0.1, 0.15) is 18.6 Å². The topological polar surface area (TPSA) is 98.7 Å². The number of nitrogens with one attached hydrogen (secondary N) is 1. The summed E-state index contributed by atoms with van der Waals surface area (Å²) in [6.45, 7) is 3.51. The number of nitrogens with zero attached hydrogens (tertiary/aromatic N) is 4. The molecule has 2 fully saturated rings. The van der Waals surface area contributed by atoms with E-state index in [0.29, 0.717) is 28.8 Å². The van der Waals surface area contributed by atoms with Crippen molar-refractivity contribution in [3.63, 3.8) is 0 Å². The summed E-state index contributed by atoms with van der Waals surface area (Å²) in [6, 6.07) is 12.9. The van der Waals surface area contributed by atoms with Crippen molar-refractivity contribution in [3.05, 3.63) is 83.4 Å². The normalized spacial score (nSPS) is 18.2. The number of carbonyl (C=O) groups is 2. The predicted octanol–water partition coefficient (Wildman–Crippen LogP) is 4.43. The van der Waals surface area contributed by atoms with E-state index in [9.17, 15) is 23.1 Å². The number of carbonyl (C=O) groups excluding carboxylic acids is 2. The lowest BCUT2D eigenvalue weighted by atomic mass is 9.88. The zero-order chi connectivity index (χ0) is 29.3. The van der Waals surface area contributed by atoms with Crippen LogP contribution in [0.1, 0.15) is 30.9 Å². The quantitative estimate of drug-likeness (QED) is 0.447. The molecule has 8 nitrogen and oxygen atoms in total. The summed E-state index contributed by atoms with van der Waals surface area (Å²) in [5.74, 6) is -2.91. The number of likely N-dealkylation sites (N-methyl/N-ethyl adjacent to an activating group) is 1. The molecule has 40 heavy (non-hydrogen) atoms. The predicted molar refractivity (Wildman–Crippen MR) is 147 cm³/mol. The van der Waals surface area contributed by atoms with Gasteiger partial charge in [0.2, 0.25) is 11.9 Å². The zero-order valence-electron chi connectivity index (χ0n) is 21.9. The van der Waals surface area contributed by atoms with Crippen molar-refractivity contribution in [1.82, 2.24) is 15.3 Å². The number of hydrogen-bond donors (Lipinski definition) is 2. The Hall–Kier alpha value is -3.70. The highest BCUT2D eigenvalue weighted by Gasteiger charge is 2.46. The molecule has 2 atom stereocenters. The minimum absolute atomic E-state index is 0.214. The van der Waals surface area contributed by atoms with E-state index in [0.717, 1.165) is 13.0 Å². The van der Waals surface area contributed by atoms with Crippen molar-refractivity contribution in [3.8, 4) is 0 Å². The third-order valence-corrected chi connectivity index (χ3v) is 6.83. The number of aliphatic hydroxyl groups is 1. The van der Waals surface area contributed by atoms with Gasteiger partial charge in [-0.15, -0.1) is 0 Å². The fraction of sp³-hybridized carbons (Fsp3) is 0.357.